The van der Waals surface area contributed by atoms with E-state index < -0.39 is 5.44 Å². The van der Waals surface area contributed by atoms with Gasteiger partial charge >= 0.3 is 0 Å². The van der Waals surface area contributed by atoms with Gasteiger partial charge in [-0.3, -0.25) is 9.99 Å². The molecule has 1 aromatic heterocycles. The lowest BCUT2D eigenvalue weighted by Crippen LogP contribution is -2.45. The monoisotopic (exact) mass is 473 g/mol. The summed E-state index contributed by atoms with van der Waals surface area (Å²) in [6, 6.07) is 12.2. The summed E-state index contributed by atoms with van der Waals surface area (Å²) in [7, 11) is 6.98. The fraction of sp³-hybridized carbons (Fsp3) is 0.250. The summed E-state index contributed by atoms with van der Waals surface area (Å²) in [5.74, 6) is -0.351. The fourth-order valence-electron chi connectivity index (χ4n) is 4.10. The number of hydrogen-bond acceptors (Lipinski definition) is 7. The van der Waals surface area contributed by atoms with Gasteiger partial charge in [0, 0.05) is 36.1 Å². The minimum absolute atomic E-state index is 0.351. The van der Waals surface area contributed by atoms with Gasteiger partial charge in [-0.05, 0) is 49.6 Å². The van der Waals surface area contributed by atoms with Crippen LogP contribution in [0.15, 0.2) is 54.5 Å². The van der Waals surface area contributed by atoms with Gasteiger partial charge in [0.1, 0.15) is 19.7 Å². The van der Waals surface area contributed by atoms with Crippen molar-refractivity contribution >= 4 is 41.7 Å². The molecule has 0 spiro atoms. The molecule has 2 heterocycles. The molecule has 170 valence electrons. The van der Waals surface area contributed by atoms with Crippen molar-refractivity contribution in [3.63, 3.8) is 0 Å². The second-order valence-electron chi connectivity index (χ2n) is 8.40. The molecule has 1 aliphatic carbocycles. The fourth-order valence-corrected chi connectivity index (χ4v) is 4.37. The molecule has 2 radical (unpaired) electrons. The Kier molecular flexibility index (Phi) is 5.72. The zero-order chi connectivity index (χ0) is 23.9. The van der Waals surface area contributed by atoms with Gasteiger partial charge in [0.05, 0.1) is 32.9 Å². The van der Waals surface area contributed by atoms with Crippen molar-refractivity contribution in [1.82, 2.24) is 21.0 Å². The number of aromatic nitrogens is 1. The smallest absolute Gasteiger partial charge is 0.123 e. The van der Waals surface area contributed by atoms with Crippen molar-refractivity contribution in [3.8, 4) is 6.07 Å². The van der Waals surface area contributed by atoms with Gasteiger partial charge in [0.2, 0.25) is 0 Å². The van der Waals surface area contributed by atoms with Crippen LogP contribution in [0.3, 0.4) is 0 Å². The summed E-state index contributed by atoms with van der Waals surface area (Å²) in [4.78, 5) is 4.38. The Hall–Kier alpha value is -3.48. The maximum absolute atomic E-state index is 13.7. The minimum Gasteiger partial charge on any atom is -0.384 e. The van der Waals surface area contributed by atoms with E-state index in [9.17, 15) is 9.65 Å². The van der Waals surface area contributed by atoms with Crippen molar-refractivity contribution in [2.45, 2.75) is 31.2 Å². The second-order valence-corrected chi connectivity index (χ2v) is 8.81. The van der Waals surface area contributed by atoms with Crippen LogP contribution in [-0.2, 0) is 5.44 Å². The van der Waals surface area contributed by atoms with Crippen LogP contribution in [0.2, 0.25) is 5.02 Å². The van der Waals surface area contributed by atoms with Gasteiger partial charge in [0.25, 0.3) is 0 Å². The van der Waals surface area contributed by atoms with E-state index in [0.717, 1.165) is 12.8 Å². The van der Waals surface area contributed by atoms with Gasteiger partial charge in [-0.25, -0.2) is 4.39 Å². The number of rotatable bonds is 7. The lowest BCUT2D eigenvalue weighted by Gasteiger charge is -2.34. The van der Waals surface area contributed by atoms with Crippen LogP contribution in [0.5, 0.6) is 0 Å². The average molecular weight is 474 g/mol. The van der Waals surface area contributed by atoms with Crippen LogP contribution in [0.1, 0.15) is 30.9 Å². The predicted octanol–water partition coefficient (Wildman–Crippen LogP) is 4.09. The van der Waals surface area contributed by atoms with E-state index in [2.05, 4.69) is 32.6 Å². The van der Waals surface area contributed by atoms with Crippen LogP contribution in [-0.4, -0.2) is 30.4 Å². The maximum Gasteiger partial charge on any atom is 0.123 e. The topological polar surface area (TPSA) is 88.0 Å². The third kappa shape index (κ3) is 4.00. The number of hydrogen-bond donors (Lipinski definition) is 4. The molecule has 10 heteroatoms. The third-order valence-corrected chi connectivity index (χ3v) is 6.28. The molecule has 1 atom stereocenters. The number of halogens is 2. The molecule has 1 aliphatic heterocycles. The molecule has 4 N–H and O–H groups in total. The molecule has 1 fully saturated rings. The third-order valence-electron chi connectivity index (χ3n) is 5.99. The first-order valence-corrected chi connectivity index (χ1v) is 11.4. The number of nitrogens with one attached hydrogen (secondary N) is 4. The zero-order valence-corrected chi connectivity index (χ0v) is 19.2. The van der Waals surface area contributed by atoms with Crippen LogP contribution in [0.4, 0.5) is 15.8 Å². The van der Waals surface area contributed by atoms with E-state index in [4.69, 9.17) is 19.4 Å². The van der Waals surface area contributed by atoms with Crippen molar-refractivity contribution in [1.29, 1.82) is 5.26 Å². The Balaban J connectivity index is 1.61. The number of pyridine rings is 1. The first-order chi connectivity index (χ1) is 16.4. The number of fused-ring (bicyclic) bond motifs is 1. The summed E-state index contributed by atoms with van der Waals surface area (Å²) in [5, 5.41) is 19.3. The summed E-state index contributed by atoms with van der Waals surface area (Å²) < 4.78 is 13.7. The van der Waals surface area contributed by atoms with Crippen molar-refractivity contribution in [3.05, 3.63) is 76.5 Å². The van der Waals surface area contributed by atoms with Gasteiger partial charge in [-0.15, -0.1) is 5.53 Å². The quantitative estimate of drug-likeness (QED) is 0.384. The molecule has 0 bridgehead atoms. The van der Waals surface area contributed by atoms with E-state index >= 15 is 0 Å². The van der Waals surface area contributed by atoms with E-state index in [0.29, 0.717) is 56.7 Å². The Bertz CT molecular complexity index is 1320. The molecule has 34 heavy (non-hydrogen) atoms. The van der Waals surface area contributed by atoms with Gasteiger partial charge in [0.15, 0.2) is 0 Å². The van der Waals surface area contributed by atoms with Crippen LogP contribution >= 0.6 is 11.6 Å². The average Bonchev–Trinajstić information content (AvgIpc) is 3.55. The van der Waals surface area contributed by atoms with Crippen LogP contribution in [0, 0.1) is 17.1 Å². The highest BCUT2D eigenvalue weighted by Gasteiger charge is 2.37. The minimum atomic E-state index is -1.24. The maximum atomic E-state index is 13.7. The second kappa shape index (κ2) is 8.71. The van der Waals surface area contributed by atoms with E-state index in [-0.39, 0.29) is 5.82 Å². The molecule has 5 rings (SSSR count). The zero-order valence-electron chi connectivity index (χ0n) is 18.5. The highest BCUT2D eigenvalue weighted by molar-refractivity contribution is 6.36. The molecule has 2 aromatic carbocycles. The molecule has 0 saturated heterocycles. The summed E-state index contributed by atoms with van der Waals surface area (Å²) in [6.07, 6.45) is 5.63. The molecule has 0 amide bonds. The Morgan fingerprint density at radius 1 is 1.32 bits per heavy atom. The SMILES string of the molecule is [B]C(Nc1cc(Cl)c2ncc(C#N)c(NCC)c2c1)(C1=CN(C2CC2)NN1)c1ccc(F)cc1. The number of nitrogens with zero attached hydrogens (tertiary/aromatic N) is 3. The standard InChI is InChI=1S/C24H22BClFN7/c1-2-29-22-14(11-28)12-30-23-19(22)9-17(10-20(23)26)31-24(25,15-3-5-16(27)6-4-15)21-13-34(33-32-21)18-7-8-18/h3-6,9-10,12-13,18,31-33H,2,7-8H2,1H3,(H,29,30). The largest absolute Gasteiger partial charge is 0.384 e. The molecule has 7 nitrogen and oxygen atoms in total. The highest BCUT2D eigenvalue weighted by Crippen LogP contribution is 2.38. The lowest BCUT2D eigenvalue weighted by atomic mass is 9.69. The molecule has 2 aliphatic rings. The Morgan fingerprint density at radius 3 is 2.76 bits per heavy atom. The number of anilines is 2. The van der Waals surface area contributed by atoms with Crippen molar-refractivity contribution in [2.24, 2.45) is 0 Å². The highest BCUT2D eigenvalue weighted by atomic mass is 35.5. The molecule has 1 unspecified atom stereocenters. The molecular formula is C24H22BClFN7. The van der Waals surface area contributed by atoms with E-state index in [1.54, 1.807) is 18.2 Å². The molecule has 1 saturated carbocycles. The predicted molar refractivity (Wildman–Crippen MR) is 132 cm³/mol. The van der Waals surface area contributed by atoms with Crippen molar-refractivity contribution in [2.75, 3.05) is 17.2 Å². The lowest BCUT2D eigenvalue weighted by molar-refractivity contribution is 0.260. The van der Waals surface area contributed by atoms with Gasteiger partial charge in [-0.1, -0.05) is 23.7 Å². The number of nitriles is 1. The van der Waals surface area contributed by atoms with E-state index in [1.165, 1.54) is 18.3 Å². The Morgan fingerprint density at radius 2 is 2.09 bits per heavy atom. The Labute approximate surface area is 203 Å². The molecular weight excluding hydrogens is 452 g/mol. The van der Waals surface area contributed by atoms with E-state index in [1.807, 2.05) is 24.2 Å². The van der Waals surface area contributed by atoms with Crippen molar-refractivity contribution < 1.29 is 4.39 Å². The summed E-state index contributed by atoms with van der Waals surface area (Å²) >= 11 is 6.60. The van der Waals surface area contributed by atoms with Crippen LogP contribution < -0.4 is 21.6 Å². The van der Waals surface area contributed by atoms with Gasteiger partial charge in [-0.2, -0.15) is 5.26 Å². The normalized spacial score (nSPS) is 17.0. The molecule has 3 aromatic rings. The van der Waals surface area contributed by atoms with Crippen LogP contribution in [0.25, 0.3) is 10.9 Å². The first-order valence-electron chi connectivity index (χ1n) is 11.0. The summed E-state index contributed by atoms with van der Waals surface area (Å²) in [5.41, 5.74) is 8.65. The number of benzene rings is 2. The summed E-state index contributed by atoms with van der Waals surface area (Å²) in [6.45, 7) is 2.58. The van der Waals surface area contributed by atoms with Gasteiger partial charge < -0.3 is 16.1 Å². The number of hydrazine groups is 2. The first kappa shape index (κ1) is 22.3.